The summed E-state index contributed by atoms with van der Waals surface area (Å²) in [6, 6.07) is 20.1. The highest BCUT2D eigenvalue weighted by atomic mass is 16.5. The van der Waals surface area contributed by atoms with Crippen LogP contribution in [0.25, 0.3) is 11.1 Å². The minimum absolute atomic E-state index is 0.0791. The van der Waals surface area contributed by atoms with Gasteiger partial charge in [-0.2, -0.15) is 0 Å². The fourth-order valence-electron chi connectivity index (χ4n) is 4.09. The molecule has 0 bridgehead atoms. The summed E-state index contributed by atoms with van der Waals surface area (Å²) in [7, 11) is 0. The lowest BCUT2D eigenvalue weighted by Gasteiger charge is -2.24. The highest BCUT2D eigenvalue weighted by Crippen LogP contribution is 2.32. The van der Waals surface area contributed by atoms with Crippen LogP contribution in [0.15, 0.2) is 72.8 Å². The van der Waals surface area contributed by atoms with Crippen molar-refractivity contribution in [1.82, 2.24) is 5.32 Å². The predicted octanol–water partition coefficient (Wildman–Crippen LogP) is 4.44. The molecule has 0 saturated carbocycles. The first-order valence-electron chi connectivity index (χ1n) is 11.9. The fraction of sp³-hybridized carbons (Fsp3) is 0.276. The molecule has 3 aromatic carbocycles. The molecular formula is C29H31NO6. The number of carboxylic acids is 1. The highest BCUT2D eigenvalue weighted by Gasteiger charge is 2.29. The van der Waals surface area contributed by atoms with Crippen molar-refractivity contribution in [1.29, 1.82) is 0 Å². The average molecular weight is 490 g/mol. The van der Waals surface area contributed by atoms with Crippen LogP contribution in [0.2, 0.25) is 0 Å². The summed E-state index contributed by atoms with van der Waals surface area (Å²) in [5.41, 5.74) is 3.29. The minimum Gasteiger partial charge on any atom is -0.478 e. The van der Waals surface area contributed by atoms with E-state index in [1.165, 1.54) is 6.07 Å². The molecule has 0 unspecified atom stereocenters. The molecule has 0 spiro atoms. The molecule has 0 aliphatic carbocycles. The lowest BCUT2D eigenvalue weighted by atomic mass is 9.88. The van der Waals surface area contributed by atoms with E-state index in [4.69, 9.17) is 4.74 Å². The van der Waals surface area contributed by atoms with Crippen LogP contribution in [-0.2, 0) is 16.0 Å². The number of hydrogen-bond acceptors (Lipinski definition) is 5. The fourth-order valence-corrected chi connectivity index (χ4v) is 4.09. The quantitative estimate of drug-likeness (QED) is 0.363. The highest BCUT2D eigenvalue weighted by molar-refractivity contribution is 5.99. The minimum atomic E-state index is -1.56. The molecular weight excluding hydrogens is 458 g/mol. The number of benzene rings is 3. The van der Waals surface area contributed by atoms with Gasteiger partial charge in [-0.25, -0.2) is 9.59 Å². The van der Waals surface area contributed by atoms with E-state index in [9.17, 15) is 24.6 Å². The lowest BCUT2D eigenvalue weighted by Crippen LogP contribution is -2.48. The normalized spacial score (nSPS) is 12.6. The molecule has 188 valence electrons. The molecule has 0 aliphatic rings. The number of rotatable bonds is 10. The van der Waals surface area contributed by atoms with Crippen molar-refractivity contribution in [2.24, 2.45) is 0 Å². The largest absolute Gasteiger partial charge is 0.478 e. The Balaban J connectivity index is 1.98. The lowest BCUT2D eigenvalue weighted by molar-refractivity contribution is -0.154. The molecule has 1 amide bonds. The number of aliphatic hydroxyl groups excluding tert-OH is 1. The molecule has 3 aromatic rings. The van der Waals surface area contributed by atoms with E-state index in [2.05, 4.69) is 5.32 Å². The Bertz CT molecular complexity index is 1220. The first kappa shape index (κ1) is 26.6. The molecule has 0 aliphatic heterocycles. The van der Waals surface area contributed by atoms with Crippen molar-refractivity contribution in [3.8, 4) is 11.1 Å². The zero-order valence-electron chi connectivity index (χ0n) is 20.6. The molecule has 0 aromatic heterocycles. The van der Waals surface area contributed by atoms with Crippen molar-refractivity contribution in [2.75, 3.05) is 6.61 Å². The van der Waals surface area contributed by atoms with E-state index in [0.29, 0.717) is 11.1 Å². The number of carbonyl (C=O) groups excluding carboxylic acids is 2. The average Bonchev–Trinajstić information content (AvgIpc) is 2.88. The zero-order valence-corrected chi connectivity index (χ0v) is 20.6. The van der Waals surface area contributed by atoms with Crippen LogP contribution in [0, 0.1) is 0 Å². The van der Waals surface area contributed by atoms with Crippen LogP contribution < -0.4 is 5.32 Å². The number of esters is 1. The molecule has 3 N–H and O–H groups in total. The summed E-state index contributed by atoms with van der Waals surface area (Å²) >= 11 is 0. The third-order valence-corrected chi connectivity index (χ3v) is 5.91. The van der Waals surface area contributed by atoms with Crippen molar-refractivity contribution in [3.05, 3.63) is 95.1 Å². The number of carbonyl (C=O) groups is 3. The Kier molecular flexibility index (Phi) is 8.97. The van der Waals surface area contributed by atoms with Crippen molar-refractivity contribution >= 4 is 17.8 Å². The smallest absolute Gasteiger partial charge is 0.337 e. The molecule has 7 nitrogen and oxygen atoms in total. The molecule has 3 rings (SSSR count). The number of nitrogens with one attached hydrogen (secondary N) is 1. The Morgan fingerprint density at radius 2 is 1.58 bits per heavy atom. The van der Waals surface area contributed by atoms with Crippen LogP contribution in [-0.4, -0.2) is 46.8 Å². The van der Waals surface area contributed by atoms with Crippen molar-refractivity contribution in [3.63, 3.8) is 0 Å². The second-order valence-electron chi connectivity index (χ2n) is 8.77. The zero-order chi connectivity index (χ0) is 26.2. The van der Waals surface area contributed by atoms with Crippen LogP contribution in [0.1, 0.15) is 58.5 Å². The van der Waals surface area contributed by atoms with Gasteiger partial charge in [-0.3, -0.25) is 4.79 Å². The maximum absolute atomic E-state index is 13.3. The summed E-state index contributed by atoms with van der Waals surface area (Å²) in [5, 5.41) is 23.1. The van der Waals surface area contributed by atoms with Crippen LogP contribution in [0.4, 0.5) is 0 Å². The molecule has 0 fully saturated rings. The maximum atomic E-state index is 13.3. The number of carboxylic acid groups (broad SMARTS) is 1. The van der Waals surface area contributed by atoms with Crippen LogP contribution in [0.3, 0.4) is 0 Å². The molecule has 2 atom stereocenters. The van der Waals surface area contributed by atoms with Gasteiger partial charge in [0.25, 0.3) is 5.91 Å². The number of ether oxygens (including phenoxy) is 1. The van der Waals surface area contributed by atoms with Gasteiger partial charge in [0.1, 0.15) is 0 Å². The van der Waals surface area contributed by atoms with Gasteiger partial charge in [0, 0.05) is 5.56 Å². The Morgan fingerprint density at radius 3 is 2.22 bits per heavy atom. The van der Waals surface area contributed by atoms with Crippen LogP contribution >= 0.6 is 0 Å². The van der Waals surface area contributed by atoms with Gasteiger partial charge in [0.05, 0.1) is 18.2 Å². The number of amides is 1. The molecule has 0 heterocycles. The third kappa shape index (κ3) is 6.37. The third-order valence-electron chi connectivity index (χ3n) is 5.91. The maximum Gasteiger partial charge on any atom is 0.337 e. The predicted molar refractivity (Wildman–Crippen MR) is 137 cm³/mol. The van der Waals surface area contributed by atoms with Crippen LogP contribution in [0.5, 0.6) is 0 Å². The summed E-state index contributed by atoms with van der Waals surface area (Å²) in [6.45, 7) is 5.73. The van der Waals surface area contributed by atoms with Gasteiger partial charge in [0.2, 0.25) is 0 Å². The van der Waals surface area contributed by atoms with E-state index in [-0.39, 0.29) is 30.1 Å². The topological polar surface area (TPSA) is 113 Å². The molecule has 0 saturated heterocycles. The summed E-state index contributed by atoms with van der Waals surface area (Å²) < 4.78 is 4.97. The van der Waals surface area contributed by atoms with Crippen molar-refractivity contribution < 1.29 is 29.3 Å². The Morgan fingerprint density at radius 1 is 0.917 bits per heavy atom. The SMILES string of the molecule is CCOC(=O)[C@H](O)[C@@H](Cc1ccccc1)NC(=O)c1ccc(C(C)C)c(-c2ccccc2C(=O)O)c1. The first-order chi connectivity index (χ1) is 17.2. The van der Waals surface area contributed by atoms with Gasteiger partial charge in [-0.15, -0.1) is 0 Å². The van der Waals surface area contributed by atoms with Gasteiger partial charge in [0.15, 0.2) is 6.10 Å². The van der Waals surface area contributed by atoms with E-state index >= 15 is 0 Å². The summed E-state index contributed by atoms with van der Waals surface area (Å²) in [6.07, 6.45) is -1.35. The monoisotopic (exact) mass is 489 g/mol. The molecule has 7 heteroatoms. The number of aromatic carboxylic acids is 1. The Hall–Kier alpha value is -3.97. The number of aliphatic hydroxyl groups is 1. The van der Waals surface area contributed by atoms with Gasteiger partial charge in [-0.1, -0.05) is 68.4 Å². The van der Waals surface area contributed by atoms with E-state index in [0.717, 1.165) is 11.1 Å². The van der Waals surface area contributed by atoms with Gasteiger partial charge in [-0.05, 0) is 59.7 Å². The molecule has 0 radical (unpaired) electrons. The standard InChI is InChI=1S/C29H31NO6/c1-4-36-29(35)26(31)25(16-19-10-6-5-7-11-19)30-27(32)20-14-15-21(18(2)3)24(17-20)22-12-8-9-13-23(22)28(33)34/h5-15,17-18,25-26,31H,4,16H2,1-3H3,(H,30,32)(H,33,34)/t25-,26-/m1/s1. The number of hydrogen-bond donors (Lipinski definition) is 3. The Labute approximate surface area is 210 Å². The summed E-state index contributed by atoms with van der Waals surface area (Å²) in [4.78, 5) is 37.5. The van der Waals surface area contributed by atoms with Gasteiger partial charge < -0.3 is 20.3 Å². The molecule has 36 heavy (non-hydrogen) atoms. The first-order valence-corrected chi connectivity index (χ1v) is 11.9. The van der Waals surface area contributed by atoms with E-state index < -0.39 is 30.0 Å². The van der Waals surface area contributed by atoms with E-state index in [1.54, 1.807) is 37.3 Å². The summed E-state index contributed by atoms with van der Waals surface area (Å²) in [5.74, 6) is -2.29. The second kappa shape index (κ2) is 12.1. The van der Waals surface area contributed by atoms with Crippen molar-refractivity contribution in [2.45, 2.75) is 45.3 Å². The van der Waals surface area contributed by atoms with E-state index in [1.807, 2.05) is 50.2 Å². The van der Waals surface area contributed by atoms with Gasteiger partial charge >= 0.3 is 11.9 Å². The second-order valence-corrected chi connectivity index (χ2v) is 8.77.